The highest BCUT2D eigenvalue weighted by atomic mass is 16.5. The van der Waals surface area contributed by atoms with Crippen LogP contribution >= 0.6 is 0 Å². The van der Waals surface area contributed by atoms with Gasteiger partial charge in [0.25, 0.3) is 5.91 Å². The zero-order valence-corrected chi connectivity index (χ0v) is 9.35. The lowest BCUT2D eigenvalue weighted by Crippen LogP contribution is -2.40. The molecular weight excluding hydrogens is 204 g/mol. The quantitative estimate of drug-likeness (QED) is 0.837. The Morgan fingerprint density at radius 1 is 1.56 bits per heavy atom. The van der Waals surface area contributed by atoms with Crippen LogP contribution in [0.3, 0.4) is 0 Å². The van der Waals surface area contributed by atoms with Crippen molar-refractivity contribution in [1.29, 1.82) is 0 Å². The predicted molar refractivity (Wildman–Crippen MR) is 60.1 cm³/mol. The molecular formula is C12H16N2O2. The van der Waals surface area contributed by atoms with Gasteiger partial charge in [0.1, 0.15) is 0 Å². The zero-order valence-electron chi connectivity index (χ0n) is 9.35. The van der Waals surface area contributed by atoms with E-state index in [0.717, 1.165) is 19.4 Å². The summed E-state index contributed by atoms with van der Waals surface area (Å²) in [4.78, 5) is 15.7. The van der Waals surface area contributed by atoms with Crippen LogP contribution in [-0.4, -0.2) is 29.6 Å². The van der Waals surface area contributed by atoms with E-state index in [1.807, 2.05) is 6.92 Å². The second kappa shape index (κ2) is 5.07. The highest BCUT2D eigenvalue weighted by Gasteiger charge is 2.23. The van der Waals surface area contributed by atoms with Crippen molar-refractivity contribution in [2.45, 2.75) is 31.9 Å². The normalized spacial score (nSPS) is 21.7. The summed E-state index contributed by atoms with van der Waals surface area (Å²) in [5.41, 5.74) is 0.639. The van der Waals surface area contributed by atoms with Gasteiger partial charge in [-0.05, 0) is 31.9 Å². The van der Waals surface area contributed by atoms with E-state index >= 15 is 0 Å². The first kappa shape index (κ1) is 11.1. The molecule has 0 aliphatic carbocycles. The van der Waals surface area contributed by atoms with Gasteiger partial charge in [0.15, 0.2) is 0 Å². The summed E-state index contributed by atoms with van der Waals surface area (Å²) in [6.45, 7) is 2.79. The molecule has 0 spiro atoms. The highest BCUT2D eigenvalue weighted by Crippen LogP contribution is 2.15. The molecule has 86 valence electrons. The Morgan fingerprint density at radius 2 is 2.31 bits per heavy atom. The van der Waals surface area contributed by atoms with Gasteiger partial charge in [0.05, 0.1) is 12.1 Å². The van der Waals surface area contributed by atoms with Gasteiger partial charge in [-0.25, -0.2) is 0 Å². The van der Waals surface area contributed by atoms with Gasteiger partial charge >= 0.3 is 0 Å². The minimum absolute atomic E-state index is 0.0585. The molecule has 1 fully saturated rings. The fourth-order valence-corrected chi connectivity index (χ4v) is 1.88. The van der Waals surface area contributed by atoms with E-state index in [-0.39, 0.29) is 18.1 Å². The van der Waals surface area contributed by atoms with Crippen molar-refractivity contribution in [2.24, 2.45) is 0 Å². The Labute approximate surface area is 95.0 Å². The van der Waals surface area contributed by atoms with Crippen LogP contribution in [0.4, 0.5) is 0 Å². The number of pyridine rings is 1. The summed E-state index contributed by atoms with van der Waals surface area (Å²) in [6, 6.07) is 3.47. The molecule has 1 N–H and O–H groups in total. The van der Waals surface area contributed by atoms with Crippen LogP contribution in [0.5, 0.6) is 0 Å². The molecule has 0 bridgehead atoms. The first-order chi connectivity index (χ1) is 7.77. The summed E-state index contributed by atoms with van der Waals surface area (Å²) in [7, 11) is 0. The summed E-state index contributed by atoms with van der Waals surface area (Å²) in [5, 5.41) is 2.95. The van der Waals surface area contributed by atoms with E-state index in [9.17, 15) is 4.79 Å². The lowest BCUT2D eigenvalue weighted by molar-refractivity contribution is 0.0712. The molecule has 2 heterocycles. The fraction of sp³-hybridized carbons (Fsp3) is 0.500. The molecule has 4 heteroatoms. The van der Waals surface area contributed by atoms with Crippen LogP contribution in [-0.2, 0) is 4.74 Å². The zero-order chi connectivity index (χ0) is 11.4. The van der Waals surface area contributed by atoms with Crippen LogP contribution in [0.1, 0.15) is 30.1 Å². The number of nitrogens with zero attached hydrogens (tertiary/aromatic N) is 1. The number of aromatic nitrogens is 1. The molecule has 0 unspecified atom stereocenters. The maximum atomic E-state index is 11.8. The molecule has 0 saturated carbocycles. The van der Waals surface area contributed by atoms with Gasteiger partial charge in [-0.3, -0.25) is 9.78 Å². The number of nitrogens with one attached hydrogen (secondary N) is 1. The lowest BCUT2D eigenvalue weighted by atomic mass is 10.1. The third kappa shape index (κ3) is 2.58. The number of ether oxygens (including phenoxy) is 1. The molecule has 2 atom stereocenters. The van der Waals surface area contributed by atoms with Gasteiger partial charge in [0.2, 0.25) is 0 Å². The van der Waals surface area contributed by atoms with Crippen molar-refractivity contribution in [1.82, 2.24) is 10.3 Å². The number of carbonyl (C=O) groups excluding carboxylic acids is 1. The van der Waals surface area contributed by atoms with Gasteiger partial charge in [-0.1, -0.05) is 0 Å². The molecule has 4 nitrogen and oxygen atoms in total. The number of hydrogen-bond donors (Lipinski definition) is 1. The molecule has 1 aromatic heterocycles. The van der Waals surface area contributed by atoms with Crippen LogP contribution in [0, 0.1) is 0 Å². The van der Waals surface area contributed by atoms with Crippen molar-refractivity contribution < 1.29 is 9.53 Å². The van der Waals surface area contributed by atoms with E-state index in [2.05, 4.69) is 10.3 Å². The van der Waals surface area contributed by atoms with Crippen LogP contribution in [0.15, 0.2) is 24.5 Å². The topological polar surface area (TPSA) is 51.2 Å². The van der Waals surface area contributed by atoms with E-state index < -0.39 is 0 Å². The van der Waals surface area contributed by atoms with Crippen LogP contribution < -0.4 is 5.32 Å². The van der Waals surface area contributed by atoms with E-state index in [0.29, 0.717) is 5.56 Å². The van der Waals surface area contributed by atoms with E-state index in [1.54, 1.807) is 24.5 Å². The number of hydrogen-bond acceptors (Lipinski definition) is 3. The number of amides is 1. The first-order valence-electron chi connectivity index (χ1n) is 5.60. The monoisotopic (exact) mass is 220 g/mol. The molecule has 2 rings (SSSR count). The third-order valence-corrected chi connectivity index (χ3v) is 2.82. The standard InChI is InChI=1S/C12H16N2O2/c1-9(11-3-2-8-16-11)14-12(15)10-4-6-13-7-5-10/h4-7,9,11H,2-3,8H2,1H3,(H,14,15)/t9-,11+/m1/s1. The minimum Gasteiger partial charge on any atom is -0.376 e. The highest BCUT2D eigenvalue weighted by molar-refractivity contribution is 5.94. The fourth-order valence-electron chi connectivity index (χ4n) is 1.88. The third-order valence-electron chi connectivity index (χ3n) is 2.82. The van der Waals surface area contributed by atoms with Crippen molar-refractivity contribution in [3.05, 3.63) is 30.1 Å². The van der Waals surface area contributed by atoms with Crippen LogP contribution in [0.2, 0.25) is 0 Å². The van der Waals surface area contributed by atoms with Gasteiger partial charge < -0.3 is 10.1 Å². The van der Waals surface area contributed by atoms with Crippen molar-refractivity contribution in [3.63, 3.8) is 0 Å². The molecule has 1 saturated heterocycles. The lowest BCUT2D eigenvalue weighted by Gasteiger charge is -2.19. The second-order valence-electron chi connectivity index (χ2n) is 4.05. The van der Waals surface area contributed by atoms with Gasteiger partial charge in [-0.15, -0.1) is 0 Å². The second-order valence-corrected chi connectivity index (χ2v) is 4.05. The van der Waals surface area contributed by atoms with Gasteiger partial charge in [-0.2, -0.15) is 0 Å². The molecule has 1 aliphatic rings. The SMILES string of the molecule is C[C@@H](NC(=O)c1ccncc1)[C@@H]1CCCO1. The maximum Gasteiger partial charge on any atom is 0.251 e. The van der Waals surface area contributed by atoms with E-state index in [4.69, 9.17) is 4.74 Å². The maximum absolute atomic E-state index is 11.8. The number of rotatable bonds is 3. The molecule has 1 aliphatic heterocycles. The summed E-state index contributed by atoms with van der Waals surface area (Å²) in [5.74, 6) is -0.0644. The summed E-state index contributed by atoms with van der Waals surface area (Å²) >= 11 is 0. The summed E-state index contributed by atoms with van der Waals surface area (Å²) < 4.78 is 5.52. The molecule has 0 radical (unpaired) electrons. The van der Waals surface area contributed by atoms with Crippen LogP contribution in [0.25, 0.3) is 0 Å². The Balaban J connectivity index is 1.92. The van der Waals surface area contributed by atoms with Crippen molar-refractivity contribution in [3.8, 4) is 0 Å². The molecule has 1 aromatic rings. The molecule has 0 aromatic carbocycles. The summed E-state index contributed by atoms with van der Waals surface area (Å²) in [6.07, 6.45) is 5.50. The first-order valence-corrected chi connectivity index (χ1v) is 5.60. The average Bonchev–Trinajstić information content (AvgIpc) is 2.83. The Morgan fingerprint density at radius 3 is 2.94 bits per heavy atom. The number of carbonyl (C=O) groups is 1. The van der Waals surface area contributed by atoms with Crippen molar-refractivity contribution >= 4 is 5.91 Å². The minimum atomic E-state index is -0.0644. The Bertz CT molecular complexity index is 347. The Kier molecular flexibility index (Phi) is 3.51. The van der Waals surface area contributed by atoms with Crippen molar-refractivity contribution in [2.75, 3.05) is 6.61 Å². The molecule has 1 amide bonds. The smallest absolute Gasteiger partial charge is 0.251 e. The van der Waals surface area contributed by atoms with E-state index in [1.165, 1.54) is 0 Å². The predicted octanol–water partition coefficient (Wildman–Crippen LogP) is 1.38. The largest absolute Gasteiger partial charge is 0.376 e. The Hall–Kier alpha value is -1.42. The van der Waals surface area contributed by atoms with Gasteiger partial charge in [0, 0.05) is 24.6 Å². The average molecular weight is 220 g/mol. The molecule has 16 heavy (non-hydrogen) atoms.